The number of ether oxygens (including phenoxy) is 1. The summed E-state index contributed by atoms with van der Waals surface area (Å²) in [6.07, 6.45) is 4.08. The molecule has 0 bridgehead atoms. The number of hydrogen-bond donors (Lipinski definition) is 0. The Bertz CT molecular complexity index is 772. The van der Waals surface area contributed by atoms with E-state index in [4.69, 9.17) is 0 Å². The maximum absolute atomic E-state index is 11.1. The number of methoxy groups -OCH3 is 1. The van der Waals surface area contributed by atoms with Crippen LogP contribution in [0.4, 0.5) is 0 Å². The van der Waals surface area contributed by atoms with E-state index in [1.54, 1.807) is 22.7 Å². The molecule has 0 aliphatic carbocycles. The molecule has 3 aromatic heterocycles. The molecule has 0 aliphatic heterocycles. The van der Waals surface area contributed by atoms with Gasteiger partial charge in [-0.1, -0.05) is 0 Å². The Morgan fingerprint density at radius 1 is 1.29 bits per heavy atom. The minimum absolute atomic E-state index is 0.161. The summed E-state index contributed by atoms with van der Waals surface area (Å²) >= 11 is 3.24. The van der Waals surface area contributed by atoms with Crippen LogP contribution in [0.2, 0.25) is 0 Å². The van der Waals surface area contributed by atoms with Gasteiger partial charge in [-0.15, -0.1) is 22.7 Å². The Morgan fingerprint density at radius 3 is 2.86 bits per heavy atom. The molecule has 21 heavy (non-hydrogen) atoms. The van der Waals surface area contributed by atoms with Crippen LogP contribution in [0, 0.1) is 6.92 Å². The summed E-state index contributed by atoms with van der Waals surface area (Å²) in [6.45, 7) is 1.99. The van der Waals surface area contributed by atoms with Crippen molar-refractivity contribution in [3.63, 3.8) is 0 Å². The molecule has 5 nitrogen and oxygen atoms in total. The monoisotopic (exact) mass is 321 g/mol. The van der Waals surface area contributed by atoms with E-state index in [1.807, 2.05) is 18.5 Å². The van der Waals surface area contributed by atoms with Crippen molar-refractivity contribution in [2.24, 2.45) is 0 Å². The van der Waals surface area contributed by atoms with Crippen molar-refractivity contribution in [2.45, 2.75) is 26.2 Å². The topological polar surface area (TPSA) is 56.5 Å². The number of thiazole rings is 2. The predicted molar refractivity (Wildman–Crippen MR) is 83.9 cm³/mol. The molecule has 0 radical (unpaired) electrons. The molecule has 0 spiro atoms. The van der Waals surface area contributed by atoms with E-state index < -0.39 is 0 Å². The summed E-state index contributed by atoms with van der Waals surface area (Å²) in [5.74, 6) is -0.161. The second kappa shape index (κ2) is 5.95. The fourth-order valence-corrected chi connectivity index (χ4v) is 3.64. The fourth-order valence-electron chi connectivity index (χ4n) is 2.13. The summed E-state index contributed by atoms with van der Waals surface area (Å²) in [7, 11) is 1.42. The number of aryl methyl sites for hydroxylation is 2. The first kappa shape index (κ1) is 14.2. The van der Waals surface area contributed by atoms with Gasteiger partial charge < -0.3 is 4.74 Å². The lowest BCUT2D eigenvalue weighted by molar-refractivity contribution is -0.140. The van der Waals surface area contributed by atoms with Crippen molar-refractivity contribution in [3.05, 3.63) is 27.7 Å². The van der Waals surface area contributed by atoms with E-state index >= 15 is 0 Å². The third-order valence-electron chi connectivity index (χ3n) is 3.21. The van der Waals surface area contributed by atoms with Gasteiger partial charge in [-0.05, 0) is 19.8 Å². The van der Waals surface area contributed by atoms with Crippen LogP contribution >= 0.6 is 22.7 Å². The number of carbonyl (C=O) groups excluding carboxylic acids is 1. The van der Waals surface area contributed by atoms with Crippen LogP contribution in [-0.2, 0) is 16.0 Å². The van der Waals surface area contributed by atoms with Crippen molar-refractivity contribution < 1.29 is 9.53 Å². The first-order valence-corrected chi connectivity index (χ1v) is 8.38. The molecule has 3 rings (SSSR count). The van der Waals surface area contributed by atoms with Gasteiger partial charge in [0.1, 0.15) is 11.4 Å². The molecule has 0 N–H and O–H groups in total. The quantitative estimate of drug-likeness (QED) is 0.676. The maximum atomic E-state index is 11.1. The van der Waals surface area contributed by atoms with Crippen LogP contribution in [-0.4, -0.2) is 27.4 Å². The highest BCUT2D eigenvalue weighted by Crippen LogP contribution is 2.25. The van der Waals surface area contributed by atoms with Crippen LogP contribution in [0.5, 0.6) is 0 Å². The molecule has 0 amide bonds. The number of nitrogens with zero attached hydrogens (tertiary/aromatic N) is 3. The average molecular weight is 321 g/mol. The zero-order valence-corrected chi connectivity index (χ0v) is 13.5. The molecule has 7 heteroatoms. The van der Waals surface area contributed by atoms with Crippen molar-refractivity contribution in [1.82, 2.24) is 14.4 Å². The molecule has 0 atom stereocenters. The largest absolute Gasteiger partial charge is 0.469 e. The first-order chi connectivity index (χ1) is 10.2. The van der Waals surface area contributed by atoms with Gasteiger partial charge in [-0.25, -0.2) is 9.97 Å². The third-order valence-corrected chi connectivity index (χ3v) is 4.87. The van der Waals surface area contributed by atoms with Gasteiger partial charge in [0, 0.05) is 29.1 Å². The Kier molecular flexibility index (Phi) is 4.03. The molecular formula is C14H15N3O2S2. The number of esters is 1. The van der Waals surface area contributed by atoms with E-state index in [0.717, 1.165) is 34.2 Å². The third kappa shape index (κ3) is 2.98. The van der Waals surface area contributed by atoms with Gasteiger partial charge in [0.05, 0.1) is 12.1 Å². The van der Waals surface area contributed by atoms with Crippen LogP contribution in [0.3, 0.4) is 0 Å². The average Bonchev–Trinajstić information content (AvgIpc) is 3.14. The van der Waals surface area contributed by atoms with Gasteiger partial charge >= 0.3 is 5.97 Å². The fraction of sp³-hybridized carbons (Fsp3) is 0.357. The first-order valence-electron chi connectivity index (χ1n) is 6.62. The molecule has 3 heterocycles. The standard InChI is InChI=1S/C14H15N3O2S2/c1-9-15-12(8-20-9)11-6-17-10(7-21-14(17)16-11)4-3-5-13(18)19-2/h6-8H,3-5H2,1-2H3. The number of fused-ring (bicyclic) bond motifs is 1. The summed E-state index contributed by atoms with van der Waals surface area (Å²) < 4.78 is 6.75. The van der Waals surface area contributed by atoms with Gasteiger partial charge in [0.25, 0.3) is 0 Å². The molecule has 3 aromatic rings. The van der Waals surface area contributed by atoms with Gasteiger partial charge in [0.15, 0.2) is 4.96 Å². The molecule has 0 fully saturated rings. The lowest BCUT2D eigenvalue weighted by Crippen LogP contribution is -2.01. The second-order valence-corrected chi connectivity index (χ2v) is 6.59. The molecule has 0 unspecified atom stereocenters. The summed E-state index contributed by atoms with van der Waals surface area (Å²) in [5.41, 5.74) is 3.00. The van der Waals surface area contributed by atoms with Crippen LogP contribution in [0.15, 0.2) is 17.0 Å². The molecule has 0 saturated carbocycles. The number of rotatable bonds is 5. The van der Waals surface area contributed by atoms with Crippen LogP contribution in [0.25, 0.3) is 16.3 Å². The van der Waals surface area contributed by atoms with Crippen LogP contribution in [0.1, 0.15) is 23.5 Å². The highest BCUT2D eigenvalue weighted by molar-refractivity contribution is 7.15. The van der Waals surface area contributed by atoms with E-state index in [2.05, 4.69) is 24.5 Å². The number of imidazole rings is 1. The van der Waals surface area contributed by atoms with Gasteiger partial charge in [-0.3, -0.25) is 9.20 Å². The Labute approximate surface area is 130 Å². The van der Waals surface area contributed by atoms with E-state index in [-0.39, 0.29) is 5.97 Å². The van der Waals surface area contributed by atoms with Crippen molar-refractivity contribution in [3.8, 4) is 11.4 Å². The van der Waals surface area contributed by atoms with E-state index in [0.29, 0.717) is 6.42 Å². The highest BCUT2D eigenvalue weighted by atomic mass is 32.1. The van der Waals surface area contributed by atoms with Crippen molar-refractivity contribution in [2.75, 3.05) is 7.11 Å². The molecule has 0 saturated heterocycles. The highest BCUT2D eigenvalue weighted by Gasteiger charge is 2.12. The minimum Gasteiger partial charge on any atom is -0.469 e. The SMILES string of the molecule is COC(=O)CCCc1csc2nc(-c3csc(C)n3)cn12. The number of carbonyl (C=O) groups is 1. The van der Waals surface area contributed by atoms with Crippen molar-refractivity contribution >= 4 is 33.6 Å². The number of hydrogen-bond acceptors (Lipinski definition) is 6. The zero-order valence-electron chi connectivity index (χ0n) is 11.8. The van der Waals surface area contributed by atoms with Crippen LogP contribution < -0.4 is 0 Å². The van der Waals surface area contributed by atoms with Gasteiger partial charge in [0.2, 0.25) is 0 Å². The normalized spacial score (nSPS) is 11.1. The zero-order chi connectivity index (χ0) is 14.8. The Hall–Kier alpha value is -1.73. The lowest BCUT2D eigenvalue weighted by atomic mass is 10.2. The molecule has 0 aromatic carbocycles. The number of aromatic nitrogens is 3. The Balaban J connectivity index is 1.78. The second-order valence-electron chi connectivity index (χ2n) is 4.69. The molecule has 110 valence electrons. The summed E-state index contributed by atoms with van der Waals surface area (Å²) in [5, 5.41) is 5.16. The summed E-state index contributed by atoms with van der Waals surface area (Å²) in [4.78, 5) is 21.2. The Morgan fingerprint density at radius 2 is 2.14 bits per heavy atom. The molecule has 0 aliphatic rings. The smallest absolute Gasteiger partial charge is 0.305 e. The minimum atomic E-state index is -0.161. The van der Waals surface area contributed by atoms with E-state index in [9.17, 15) is 4.79 Å². The maximum Gasteiger partial charge on any atom is 0.305 e. The van der Waals surface area contributed by atoms with E-state index in [1.165, 1.54) is 12.8 Å². The predicted octanol–water partition coefficient (Wildman–Crippen LogP) is 3.32. The molecular weight excluding hydrogens is 306 g/mol. The van der Waals surface area contributed by atoms with Crippen molar-refractivity contribution in [1.29, 1.82) is 0 Å². The van der Waals surface area contributed by atoms with Gasteiger partial charge in [-0.2, -0.15) is 0 Å². The lowest BCUT2D eigenvalue weighted by Gasteiger charge is -1.99. The summed E-state index contributed by atoms with van der Waals surface area (Å²) in [6, 6.07) is 0.